The van der Waals surface area contributed by atoms with Crippen molar-refractivity contribution in [3.8, 4) is 0 Å². The zero-order valence-corrected chi connectivity index (χ0v) is 16.9. The Morgan fingerprint density at radius 1 is 1.19 bits per heavy atom. The maximum Gasteiger partial charge on any atom is 0.237 e. The van der Waals surface area contributed by atoms with Crippen LogP contribution in [0.4, 0.5) is 5.69 Å². The lowest BCUT2D eigenvalue weighted by atomic mass is 9.96. The molecule has 6 heteroatoms. The molecular weight excluding hydrogens is 376 g/mol. The van der Waals surface area contributed by atoms with Crippen molar-refractivity contribution in [2.24, 2.45) is 5.92 Å². The number of fused-ring (bicyclic) bond motifs is 1. The number of nitrogens with zero attached hydrogens (tertiary/aromatic N) is 1. The van der Waals surface area contributed by atoms with Crippen LogP contribution >= 0.6 is 23.1 Å². The lowest BCUT2D eigenvalue weighted by Gasteiger charge is -2.29. The van der Waals surface area contributed by atoms with E-state index >= 15 is 0 Å². The Labute approximate surface area is 168 Å². The van der Waals surface area contributed by atoms with Crippen molar-refractivity contribution in [3.05, 3.63) is 46.7 Å². The van der Waals surface area contributed by atoms with Crippen LogP contribution in [0.5, 0.6) is 0 Å². The summed E-state index contributed by atoms with van der Waals surface area (Å²) in [5.41, 5.74) is 0.928. The standard InChI is InChI=1S/C21H24N2O2S2/c24-19(22-21(15-6-1-2-7-15)18-10-5-13-26-18)11-12-23-16-8-3-4-9-17(16)27-14-20(23)25/h3-5,8-10,13,15,21H,1-2,6-7,11-12,14H2,(H,22,24)/t21-/m1/s1. The molecule has 2 amide bonds. The summed E-state index contributed by atoms with van der Waals surface area (Å²) in [6.45, 7) is 0.435. The second-order valence-electron chi connectivity index (χ2n) is 7.16. The average molecular weight is 401 g/mol. The van der Waals surface area contributed by atoms with Crippen LogP contribution in [0.3, 0.4) is 0 Å². The Morgan fingerprint density at radius 3 is 2.78 bits per heavy atom. The fourth-order valence-corrected chi connectivity index (χ4v) is 5.84. The zero-order chi connectivity index (χ0) is 18.6. The van der Waals surface area contributed by atoms with Crippen molar-refractivity contribution in [1.29, 1.82) is 0 Å². The van der Waals surface area contributed by atoms with Crippen molar-refractivity contribution in [2.45, 2.75) is 43.0 Å². The third-order valence-electron chi connectivity index (χ3n) is 5.41. The van der Waals surface area contributed by atoms with E-state index in [4.69, 9.17) is 0 Å². The highest BCUT2D eigenvalue weighted by Crippen LogP contribution is 2.38. The molecule has 142 valence electrons. The Balaban J connectivity index is 1.41. The van der Waals surface area contributed by atoms with E-state index in [1.807, 2.05) is 24.3 Å². The molecule has 1 fully saturated rings. The topological polar surface area (TPSA) is 49.4 Å². The summed E-state index contributed by atoms with van der Waals surface area (Å²) in [5, 5.41) is 5.34. The number of hydrogen-bond acceptors (Lipinski definition) is 4. The highest BCUT2D eigenvalue weighted by molar-refractivity contribution is 8.00. The molecule has 2 aliphatic rings. The Bertz CT molecular complexity index is 800. The molecule has 4 nitrogen and oxygen atoms in total. The van der Waals surface area contributed by atoms with Gasteiger partial charge in [-0.2, -0.15) is 0 Å². The van der Waals surface area contributed by atoms with Gasteiger partial charge in [-0.05, 0) is 42.3 Å². The predicted molar refractivity (Wildman–Crippen MR) is 111 cm³/mol. The van der Waals surface area contributed by atoms with Gasteiger partial charge in [0.15, 0.2) is 0 Å². The minimum absolute atomic E-state index is 0.0313. The highest BCUT2D eigenvalue weighted by atomic mass is 32.2. The van der Waals surface area contributed by atoms with E-state index in [1.54, 1.807) is 28.0 Å². The van der Waals surface area contributed by atoms with Gasteiger partial charge in [0.1, 0.15) is 0 Å². The third-order valence-corrected chi connectivity index (χ3v) is 7.41. The van der Waals surface area contributed by atoms with Crippen LogP contribution in [0.25, 0.3) is 0 Å². The van der Waals surface area contributed by atoms with Gasteiger partial charge in [-0.1, -0.05) is 31.0 Å². The minimum Gasteiger partial charge on any atom is -0.348 e. The summed E-state index contributed by atoms with van der Waals surface area (Å²) in [7, 11) is 0. The highest BCUT2D eigenvalue weighted by Gasteiger charge is 2.29. The van der Waals surface area contributed by atoms with Crippen molar-refractivity contribution < 1.29 is 9.59 Å². The number of carbonyl (C=O) groups is 2. The maximum atomic E-state index is 12.7. The van der Waals surface area contributed by atoms with E-state index in [-0.39, 0.29) is 17.9 Å². The van der Waals surface area contributed by atoms with E-state index in [9.17, 15) is 9.59 Å². The van der Waals surface area contributed by atoms with Crippen LogP contribution in [-0.2, 0) is 9.59 Å². The molecule has 1 aromatic heterocycles. The first-order valence-corrected chi connectivity index (χ1v) is 11.4. The van der Waals surface area contributed by atoms with E-state index in [2.05, 4.69) is 22.8 Å². The number of thioether (sulfide) groups is 1. The van der Waals surface area contributed by atoms with Gasteiger partial charge < -0.3 is 10.2 Å². The summed E-state index contributed by atoms with van der Waals surface area (Å²) < 4.78 is 0. The molecule has 2 aromatic rings. The molecule has 1 aliphatic carbocycles. The smallest absolute Gasteiger partial charge is 0.237 e. The number of hydrogen-bond donors (Lipinski definition) is 1. The minimum atomic E-state index is 0.0313. The molecule has 1 N–H and O–H groups in total. The van der Waals surface area contributed by atoms with Crippen molar-refractivity contribution in [2.75, 3.05) is 17.2 Å². The quantitative estimate of drug-likeness (QED) is 0.769. The summed E-state index contributed by atoms with van der Waals surface area (Å²) in [5.74, 6) is 1.08. The number of rotatable bonds is 6. The van der Waals surface area contributed by atoms with Gasteiger partial charge in [0.05, 0.1) is 17.5 Å². The molecular formula is C21H24N2O2S2. The first-order chi connectivity index (χ1) is 13.2. The first-order valence-electron chi connectivity index (χ1n) is 9.57. The lowest BCUT2D eigenvalue weighted by Crippen LogP contribution is -2.39. The van der Waals surface area contributed by atoms with Crippen LogP contribution in [0.1, 0.15) is 43.0 Å². The second kappa shape index (κ2) is 8.48. The van der Waals surface area contributed by atoms with Gasteiger partial charge in [-0.25, -0.2) is 0 Å². The normalized spacial score (nSPS) is 18.4. The SMILES string of the molecule is O=C(CCN1C(=O)CSc2ccccc21)N[C@@H](c1cccs1)C1CCCC1. The molecule has 2 heterocycles. The molecule has 1 atom stereocenters. The molecule has 1 aromatic carbocycles. The van der Waals surface area contributed by atoms with Gasteiger partial charge in [0.2, 0.25) is 11.8 Å². The van der Waals surface area contributed by atoms with E-state index < -0.39 is 0 Å². The fourth-order valence-electron chi connectivity index (χ4n) is 4.04. The largest absolute Gasteiger partial charge is 0.348 e. The van der Waals surface area contributed by atoms with E-state index in [0.717, 1.165) is 10.6 Å². The Kier molecular flexibility index (Phi) is 5.83. The van der Waals surface area contributed by atoms with Gasteiger partial charge in [0, 0.05) is 22.7 Å². The monoisotopic (exact) mass is 400 g/mol. The first kappa shape index (κ1) is 18.6. The third kappa shape index (κ3) is 4.22. The molecule has 0 bridgehead atoms. The van der Waals surface area contributed by atoms with Crippen LogP contribution in [0.15, 0.2) is 46.7 Å². The number of nitrogens with one attached hydrogen (secondary N) is 1. The zero-order valence-electron chi connectivity index (χ0n) is 15.2. The van der Waals surface area contributed by atoms with Crippen LogP contribution < -0.4 is 10.2 Å². The Morgan fingerprint density at radius 2 is 2.00 bits per heavy atom. The average Bonchev–Trinajstić information content (AvgIpc) is 3.39. The summed E-state index contributed by atoms with van der Waals surface area (Å²) in [4.78, 5) is 29.2. The number of amides is 2. The van der Waals surface area contributed by atoms with Crippen LogP contribution in [0.2, 0.25) is 0 Å². The lowest BCUT2D eigenvalue weighted by molar-refractivity contribution is -0.122. The molecule has 0 spiro atoms. The van der Waals surface area contributed by atoms with Gasteiger partial charge in [-0.15, -0.1) is 23.1 Å². The van der Waals surface area contributed by atoms with Gasteiger partial charge >= 0.3 is 0 Å². The van der Waals surface area contributed by atoms with E-state index in [0.29, 0.717) is 24.6 Å². The molecule has 0 radical (unpaired) electrons. The van der Waals surface area contributed by atoms with Crippen LogP contribution in [0, 0.1) is 5.92 Å². The van der Waals surface area contributed by atoms with Crippen molar-refractivity contribution >= 4 is 40.6 Å². The number of carbonyl (C=O) groups excluding carboxylic acids is 2. The Hall–Kier alpha value is -1.79. The molecule has 1 saturated carbocycles. The van der Waals surface area contributed by atoms with E-state index in [1.165, 1.54) is 30.6 Å². The summed E-state index contributed by atoms with van der Waals surface area (Å²) in [6, 6.07) is 12.2. The molecule has 4 rings (SSSR count). The summed E-state index contributed by atoms with van der Waals surface area (Å²) in [6.07, 6.45) is 5.19. The van der Waals surface area contributed by atoms with Gasteiger partial charge in [0.25, 0.3) is 0 Å². The second-order valence-corrected chi connectivity index (χ2v) is 9.15. The van der Waals surface area contributed by atoms with Crippen LogP contribution in [-0.4, -0.2) is 24.1 Å². The molecule has 0 saturated heterocycles. The molecule has 27 heavy (non-hydrogen) atoms. The van der Waals surface area contributed by atoms with Crippen molar-refractivity contribution in [3.63, 3.8) is 0 Å². The summed E-state index contributed by atoms with van der Waals surface area (Å²) >= 11 is 3.29. The molecule has 0 unspecified atom stereocenters. The molecule has 1 aliphatic heterocycles. The maximum absolute atomic E-state index is 12.7. The number of anilines is 1. The fraction of sp³-hybridized carbons (Fsp3) is 0.429. The number of thiophene rings is 1. The van der Waals surface area contributed by atoms with Crippen molar-refractivity contribution in [1.82, 2.24) is 5.32 Å². The number of para-hydroxylation sites is 1. The predicted octanol–water partition coefficient (Wildman–Crippen LogP) is 4.62. The number of benzene rings is 1. The van der Waals surface area contributed by atoms with Gasteiger partial charge in [-0.3, -0.25) is 9.59 Å².